The quantitative estimate of drug-likeness (QED) is 0.725. The van der Waals surface area contributed by atoms with Crippen LogP contribution in [0.2, 0.25) is 0 Å². The van der Waals surface area contributed by atoms with Crippen molar-refractivity contribution < 1.29 is 9.90 Å². The molecule has 2 N–H and O–H groups in total. The van der Waals surface area contributed by atoms with Crippen molar-refractivity contribution in [3.05, 3.63) is 41.5 Å². The molecule has 0 saturated heterocycles. The lowest BCUT2D eigenvalue weighted by molar-refractivity contribution is -0.118. The maximum absolute atomic E-state index is 10.7. The highest BCUT2D eigenvalue weighted by Crippen LogP contribution is 2.13. The van der Waals surface area contributed by atoms with E-state index in [1.807, 2.05) is 12.1 Å². The molecule has 0 fully saturated rings. The molecule has 3 nitrogen and oxygen atoms in total. The molecule has 18 heavy (non-hydrogen) atoms. The summed E-state index contributed by atoms with van der Waals surface area (Å²) in [5.74, 6) is 0.00625. The zero-order chi connectivity index (χ0) is 13.2. The van der Waals surface area contributed by atoms with Crippen molar-refractivity contribution in [3.63, 3.8) is 0 Å². The number of benzene rings is 1. The second-order valence-electron chi connectivity index (χ2n) is 4.20. The van der Waals surface area contributed by atoms with Gasteiger partial charge in [-0.15, -0.1) is 0 Å². The Hall–Kier alpha value is -1.61. The lowest BCUT2D eigenvalue weighted by Gasteiger charge is -2.04. The topological polar surface area (TPSA) is 49.3 Å². The van der Waals surface area contributed by atoms with Crippen LogP contribution in [0, 0.1) is 0 Å². The summed E-state index contributed by atoms with van der Waals surface area (Å²) in [6.45, 7) is 2.42. The second kappa shape index (κ2) is 8.48. The van der Waals surface area contributed by atoms with Gasteiger partial charge in [0, 0.05) is 20.1 Å². The van der Waals surface area contributed by atoms with Gasteiger partial charge in [0.05, 0.1) is 0 Å². The van der Waals surface area contributed by atoms with Crippen LogP contribution in [0.1, 0.15) is 30.9 Å². The molecule has 98 valence electrons. The summed E-state index contributed by atoms with van der Waals surface area (Å²) < 4.78 is 0. The number of aliphatic hydroxyl groups excluding tert-OH is 1. The molecule has 1 aromatic carbocycles. The summed E-state index contributed by atoms with van der Waals surface area (Å²) in [6.07, 6.45) is 6.65. The molecule has 0 bridgehead atoms. The first-order valence-electron chi connectivity index (χ1n) is 6.34. The molecule has 0 saturated carbocycles. The summed E-state index contributed by atoms with van der Waals surface area (Å²) in [5.41, 5.74) is 2.44. The van der Waals surface area contributed by atoms with Gasteiger partial charge in [0.15, 0.2) is 0 Å². The SMILES string of the molecule is CC(=O)NCCC=Cc1ccccc1CCCO. The van der Waals surface area contributed by atoms with Gasteiger partial charge in [0.2, 0.25) is 5.91 Å². The number of carbonyl (C=O) groups excluding carboxylic acids is 1. The van der Waals surface area contributed by atoms with Crippen LogP contribution in [-0.2, 0) is 11.2 Å². The number of hydrogen-bond donors (Lipinski definition) is 2. The molecular weight excluding hydrogens is 226 g/mol. The average molecular weight is 247 g/mol. The normalized spacial score (nSPS) is 10.8. The summed E-state index contributed by atoms with van der Waals surface area (Å²) >= 11 is 0. The lowest BCUT2D eigenvalue weighted by atomic mass is 10.0. The van der Waals surface area contributed by atoms with E-state index in [1.54, 1.807) is 0 Å². The monoisotopic (exact) mass is 247 g/mol. The van der Waals surface area contributed by atoms with E-state index >= 15 is 0 Å². The molecule has 1 aromatic rings. The molecular formula is C15H21NO2. The van der Waals surface area contributed by atoms with Crippen molar-refractivity contribution in [1.82, 2.24) is 5.32 Å². The van der Waals surface area contributed by atoms with Crippen LogP contribution >= 0.6 is 0 Å². The van der Waals surface area contributed by atoms with E-state index in [2.05, 4.69) is 29.6 Å². The predicted molar refractivity (Wildman–Crippen MR) is 74.2 cm³/mol. The van der Waals surface area contributed by atoms with Crippen molar-refractivity contribution in [2.45, 2.75) is 26.2 Å². The molecule has 0 unspecified atom stereocenters. The number of amides is 1. The van der Waals surface area contributed by atoms with E-state index in [1.165, 1.54) is 18.1 Å². The lowest BCUT2D eigenvalue weighted by Crippen LogP contribution is -2.20. The molecule has 0 aliphatic heterocycles. The van der Waals surface area contributed by atoms with E-state index < -0.39 is 0 Å². The maximum atomic E-state index is 10.7. The maximum Gasteiger partial charge on any atom is 0.216 e. The molecule has 0 aromatic heterocycles. The zero-order valence-electron chi connectivity index (χ0n) is 10.9. The highest BCUT2D eigenvalue weighted by molar-refractivity contribution is 5.72. The fraction of sp³-hybridized carbons (Fsp3) is 0.400. The van der Waals surface area contributed by atoms with Gasteiger partial charge >= 0.3 is 0 Å². The molecule has 1 rings (SSSR count). The van der Waals surface area contributed by atoms with Crippen LogP contribution in [-0.4, -0.2) is 24.2 Å². The van der Waals surface area contributed by atoms with Gasteiger partial charge in [-0.25, -0.2) is 0 Å². The molecule has 0 atom stereocenters. The summed E-state index contributed by atoms with van der Waals surface area (Å²) in [7, 11) is 0. The fourth-order valence-electron chi connectivity index (χ4n) is 1.74. The van der Waals surface area contributed by atoms with Crippen LogP contribution in [0.15, 0.2) is 30.3 Å². The summed E-state index contributed by atoms with van der Waals surface area (Å²) in [4.78, 5) is 10.7. The van der Waals surface area contributed by atoms with E-state index in [0.29, 0.717) is 6.54 Å². The predicted octanol–water partition coefficient (Wildman–Crippen LogP) is 2.15. The third-order valence-electron chi connectivity index (χ3n) is 2.64. The number of carbonyl (C=O) groups is 1. The summed E-state index contributed by atoms with van der Waals surface area (Å²) in [6, 6.07) is 8.18. The Morgan fingerprint density at radius 2 is 2.17 bits per heavy atom. The fourth-order valence-corrected chi connectivity index (χ4v) is 1.74. The molecule has 0 heterocycles. The Morgan fingerprint density at radius 1 is 1.39 bits per heavy atom. The number of rotatable bonds is 7. The first-order chi connectivity index (χ1) is 8.74. The minimum Gasteiger partial charge on any atom is -0.396 e. The van der Waals surface area contributed by atoms with Gasteiger partial charge in [-0.3, -0.25) is 4.79 Å². The van der Waals surface area contributed by atoms with Gasteiger partial charge in [0.1, 0.15) is 0 Å². The van der Waals surface area contributed by atoms with Gasteiger partial charge in [-0.1, -0.05) is 36.4 Å². The molecule has 0 aliphatic carbocycles. The van der Waals surface area contributed by atoms with E-state index in [-0.39, 0.29) is 12.5 Å². The Morgan fingerprint density at radius 3 is 2.89 bits per heavy atom. The smallest absolute Gasteiger partial charge is 0.216 e. The summed E-state index contributed by atoms with van der Waals surface area (Å²) in [5, 5.41) is 11.6. The molecule has 3 heteroatoms. The third-order valence-corrected chi connectivity index (χ3v) is 2.64. The van der Waals surface area contributed by atoms with E-state index in [4.69, 9.17) is 5.11 Å². The van der Waals surface area contributed by atoms with Crippen molar-refractivity contribution in [2.24, 2.45) is 0 Å². The average Bonchev–Trinajstić information content (AvgIpc) is 2.36. The highest BCUT2D eigenvalue weighted by atomic mass is 16.2. The third kappa shape index (κ3) is 5.64. The van der Waals surface area contributed by atoms with Crippen molar-refractivity contribution in [3.8, 4) is 0 Å². The first-order valence-corrected chi connectivity index (χ1v) is 6.34. The number of aliphatic hydroxyl groups is 1. The standard InChI is InChI=1S/C15H21NO2/c1-13(18)16-11-5-4-9-14-7-2-3-8-15(14)10-6-12-17/h2-4,7-9,17H,5-6,10-12H2,1H3,(H,16,18). The second-order valence-corrected chi connectivity index (χ2v) is 4.20. The van der Waals surface area contributed by atoms with Crippen LogP contribution < -0.4 is 5.32 Å². The number of aryl methyl sites for hydroxylation is 1. The van der Waals surface area contributed by atoms with Crippen molar-refractivity contribution in [1.29, 1.82) is 0 Å². The Bertz CT molecular complexity index is 399. The van der Waals surface area contributed by atoms with Gasteiger partial charge < -0.3 is 10.4 Å². The van der Waals surface area contributed by atoms with Gasteiger partial charge in [-0.2, -0.15) is 0 Å². The Labute approximate surface area is 109 Å². The van der Waals surface area contributed by atoms with Gasteiger partial charge in [-0.05, 0) is 30.4 Å². The van der Waals surface area contributed by atoms with Crippen LogP contribution in [0.5, 0.6) is 0 Å². The van der Waals surface area contributed by atoms with Gasteiger partial charge in [0.25, 0.3) is 0 Å². The van der Waals surface area contributed by atoms with Crippen LogP contribution in [0.3, 0.4) is 0 Å². The zero-order valence-corrected chi connectivity index (χ0v) is 10.9. The molecule has 0 spiro atoms. The highest BCUT2D eigenvalue weighted by Gasteiger charge is 1.97. The Kier molecular flexibility index (Phi) is 6.81. The molecule has 1 amide bonds. The van der Waals surface area contributed by atoms with E-state index in [9.17, 15) is 4.79 Å². The Balaban J connectivity index is 2.49. The number of nitrogens with one attached hydrogen (secondary N) is 1. The van der Waals surface area contributed by atoms with Crippen LogP contribution in [0.4, 0.5) is 0 Å². The van der Waals surface area contributed by atoms with E-state index in [0.717, 1.165) is 19.3 Å². The minimum atomic E-state index is 0.00625. The minimum absolute atomic E-state index is 0.00625. The first kappa shape index (κ1) is 14.5. The van der Waals surface area contributed by atoms with Crippen LogP contribution in [0.25, 0.3) is 6.08 Å². The largest absolute Gasteiger partial charge is 0.396 e. The van der Waals surface area contributed by atoms with Crippen molar-refractivity contribution in [2.75, 3.05) is 13.2 Å². The molecule has 0 aliphatic rings. The number of hydrogen-bond acceptors (Lipinski definition) is 2. The molecule has 0 radical (unpaired) electrons. The van der Waals surface area contributed by atoms with Crippen molar-refractivity contribution >= 4 is 12.0 Å².